The third-order valence-corrected chi connectivity index (χ3v) is 3.28. The van der Waals surface area contributed by atoms with E-state index in [0.717, 1.165) is 29.8 Å². The Kier molecular flexibility index (Phi) is 3.59. The van der Waals surface area contributed by atoms with Crippen molar-refractivity contribution < 1.29 is 4.79 Å². The molecule has 1 N–H and O–H groups in total. The minimum absolute atomic E-state index is 0.104. The Morgan fingerprint density at radius 1 is 1.10 bits per heavy atom. The summed E-state index contributed by atoms with van der Waals surface area (Å²) in [6.07, 6.45) is 7.66. The molecule has 1 fully saturated rings. The summed E-state index contributed by atoms with van der Waals surface area (Å²) in [5.41, 5.74) is 2.67. The summed E-state index contributed by atoms with van der Waals surface area (Å²) in [6, 6.07) is 13.8. The number of anilines is 1. The van der Waals surface area contributed by atoms with E-state index in [0.29, 0.717) is 0 Å². The second-order valence-electron chi connectivity index (χ2n) is 4.94. The molecular formula is C17H16N2O. The number of rotatable bonds is 4. The Labute approximate surface area is 118 Å². The average molecular weight is 264 g/mol. The molecule has 0 aliphatic heterocycles. The molecule has 0 radical (unpaired) electrons. The van der Waals surface area contributed by atoms with Crippen molar-refractivity contribution in [3.63, 3.8) is 0 Å². The second kappa shape index (κ2) is 5.70. The molecule has 1 aromatic carbocycles. The quantitative estimate of drug-likeness (QED) is 0.916. The first-order valence-electron chi connectivity index (χ1n) is 6.82. The minimum atomic E-state index is 0.104. The van der Waals surface area contributed by atoms with Gasteiger partial charge in [0.1, 0.15) is 0 Å². The van der Waals surface area contributed by atoms with Crippen LogP contribution in [0, 0.1) is 5.92 Å². The van der Waals surface area contributed by atoms with E-state index in [1.54, 1.807) is 6.20 Å². The van der Waals surface area contributed by atoms with Crippen molar-refractivity contribution in [3.05, 3.63) is 59.9 Å². The van der Waals surface area contributed by atoms with Crippen LogP contribution in [0.4, 0.5) is 5.69 Å². The monoisotopic (exact) mass is 264 g/mol. The van der Waals surface area contributed by atoms with Crippen LogP contribution >= 0.6 is 0 Å². The zero-order valence-electron chi connectivity index (χ0n) is 11.1. The van der Waals surface area contributed by atoms with Crippen LogP contribution in [0.2, 0.25) is 0 Å². The van der Waals surface area contributed by atoms with Crippen molar-refractivity contribution in [2.24, 2.45) is 5.92 Å². The minimum Gasteiger partial charge on any atom is -0.324 e. The van der Waals surface area contributed by atoms with E-state index in [4.69, 9.17) is 0 Å². The van der Waals surface area contributed by atoms with E-state index in [1.165, 1.54) is 0 Å². The number of hydrogen-bond donors (Lipinski definition) is 1. The van der Waals surface area contributed by atoms with E-state index < -0.39 is 0 Å². The summed E-state index contributed by atoms with van der Waals surface area (Å²) in [7, 11) is 0. The largest absolute Gasteiger partial charge is 0.324 e. The number of carbonyl (C=O) groups is 1. The van der Waals surface area contributed by atoms with Crippen LogP contribution in [0.3, 0.4) is 0 Å². The van der Waals surface area contributed by atoms with Crippen LogP contribution in [0.5, 0.6) is 0 Å². The first-order valence-corrected chi connectivity index (χ1v) is 6.82. The number of aromatic nitrogens is 1. The number of pyridine rings is 1. The van der Waals surface area contributed by atoms with Crippen LogP contribution in [-0.2, 0) is 4.79 Å². The van der Waals surface area contributed by atoms with Crippen LogP contribution in [0.25, 0.3) is 12.2 Å². The summed E-state index contributed by atoms with van der Waals surface area (Å²) in [4.78, 5) is 16.2. The molecular weight excluding hydrogens is 248 g/mol. The first-order chi connectivity index (χ1) is 9.83. The van der Waals surface area contributed by atoms with E-state index in [9.17, 15) is 4.79 Å². The first kappa shape index (κ1) is 12.6. The smallest absolute Gasteiger partial charge is 0.227 e. The molecule has 0 atom stereocenters. The predicted molar refractivity (Wildman–Crippen MR) is 81.0 cm³/mol. The lowest BCUT2D eigenvalue weighted by atomic mass is 10.2. The van der Waals surface area contributed by atoms with E-state index in [2.05, 4.69) is 10.3 Å². The van der Waals surface area contributed by atoms with E-state index in [-0.39, 0.29) is 11.8 Å². The molecule has 3 nitrogen and oxygen atoms in total. The third-order valence-electron chi connectivity index (χ3n) is 3.28. The van der Waals surface area contributed by atoms with Crippen molar-refractivity contribution in [3.8, 4) is 0 Å². The maximum atomic E-state index is 11.8. The van der Waals surface area contributed by atoms with Gasteiger partial charge in [-0.05, 0) is 36.6 Å². The molecule has 1 heterocycles. The summed E-state index contributed by atoms with van der Waals surface area (Å²) in [6.45, 7) is 0. The molecule has 1 aliphatic carbocycles. The topological polar surface area (TPSA) is 42.0 Å². The number of nitrogens with zero attached hydrogens (tertiary/aromatic N) is 1. The predicted octanol–water partition coefficient (Wildman–Crippen LogP) is 3.60. The SMILES string of the molecule is O=C(Nc1cccnc1/C=C/c1ccccc1)C1CC1. The molecule has 2 aromatic rings. The lowest BCUT2D eigenvalue weighted by molar-refractivity contribution is -0.117. The summed E-state index contributed by atoms with van der Waals surface area (Å²) in [5.74, 6) is 0.300. The lowest BCUT2D eigenvalue weighted by Gasteiger charge is -2.06. The summed E-state index contributed by atoms with van der Waals surface area (Å²) < 4.78 is 0. The van der Waals surface area contributed by atoms with Crippen molar-refractivity contribution in [2.75, 3.05) is 5.32 Å². The molecule has 3 heteroatoms. The summed E-state index contributed by atoms with van der Waals surface area (Å²) in [5, 5.41) is 2.96. The molecule has 0 bridgehead atoms. The van der Waals surface area contributed by atoms with Gasteiger partial charge in [0.15, 0.2) is 0 Å². The van der Waals surface area contributed by atoms with E-state index >= 15 is 0 Å². The summed E-state index contributed by atoms with van der Waals surface area (Å²) >= 11 is 0. The van der Waals surface area contributed by atoms with Gasteiger partial charge >= 0.3 is 0 Å². The molecule has 0 saturated heterocycles. The molecule has 0 unspecified atom stereocenters. The maximum absolute atomic E-state index is 11.8. The van der Waals surface area contributed by atoms with Gasteiger partial charge in [-0.3, -0.25) is 9.78 Å². The van der Waals surface area contributed by atoms with Crippen molar-refractivity contribution >= 4 is 23.7 Å². The van der Waals surface area contributed by atoms with Crippen LogP contribution in [-0.4, -0.2) is 10.9 Å². The zero-order valence-corrected chi connectivity index (χ0v) is 11.1. The fraction of sp³-hybridized carbons (Fsp3) is 0.176. The maximum Gasteiger partial charge on any atom is 0.227 e. The Morgan fingerprint density at radius 2 is 1.90 bits per heavy atom. The Balaban J connectivity index is 1.78. The van der Waals surface area contributed by atoms with Crippen molar-refractivity contribution in [1.29, 1.82) is 0 Å². The van der Waals surface area contributed by atoms with Gasteiger partial charge in [0, 0.05) is 12.1 Å². The molecule has 0 spiro atoms. The zero-order chi connectivity index (χ0) is 13.8. The van der Waals surface area contributed by atoms with Gasteiger partial charge in [-0.1, -0.05) is 36.4 Å². The van der Waals surface area contributed by atoms with Crippen molar-refractivity contribution in [2.45, 2.75) is 12.8 Å². The number of hydrogen-bond acceptors (Lipinski definition) is 2. The standard InChI is InChI=1S/C17H16N2O/c20-17(14-9-10-14)19-16-7-4-12-18-15(16)11-8-13-5-2-1-3-6-13/h1-8,11-12,14H,9-10H2,(H,19,20)/b11-8+. The molecule has 1 aliphatic rings. The Morgan fingerprint density at radius 3 is 2.65 bits per heavy atom. The highest BCUT2D eigenvalue weighted by Crippen LogP contribution is 2.30. The van der Waals surface area contributed by atoms with Gasteiger partial charge in [-0.15, -0.1) is 0 Å². The molecule has 20 heavy (non-hydrogen) atoms. The number of amides is 1. The fourth-order valence-electron chi connectivity index (χ4n) is 1.98. The van der Waals surface area contributed by atoms with Gasteiger partial charge in [0.05, 0.1) is 11.4 Å². The molecule has 100 valence electrons. The van der Waals surface area contributed by atoms with Gasteiger partial charge in [0.25, 0.3) is 0 Å². The number of benzene rings is 1. The van der Waals surface area contributed by atoms with Crippen LogP contribution in [0.1, 0.15) is 24.1 Å². The highest BCUT2D eigenvalue weighted by Gasteiger charge is 2.29. The normalized spacial score (nSPS) is 14.4. The van der Waals surface area contributed by atoms with Crippen LogP contribution in [0.15, 0.2) is 48.7 Å². The molecule has 1 aromatic heterocycles. The lowest BCUT2D eigenvalue weighted by Crippen LogP contribution is -2.14. The van der Waals surface area contributed by atoms with Gasteiger partial charge < -0.3 is 5.32 Å². The van der Waals surface area contributed by atoms with Gasteiger partial charge in [-0.25, -0.2) is 0 Å². The third kappa shape index (κ3) is 3.12. The molecule has 1 saturated carbocycles. The van der Waals surface area contributed by atoms with E-state index in [1.807, 2.05) is 54.6 Å². The van der Waals surface area contributed by atoms with Crippen molar-refractivity contribution in [1.82, 2.24) is 4.98 Å². The number of carbonyl (C=O) groups excluding carboxylic acids is 1. The highest BCUT2D eigenvalue weighted by molar-refractivity contribution is 5.95. The van der Waals surface area contributed by atoms with Gasteiger partial charge in [-0.2, -0.15) is 0 Å². The average Bonchev–Trinajstić information content (AvgIpc) is 3.32. The Bertz CT molecular complexity index is 630. The second-order valence-corrected chi connectivity index (χ2v) is 4.94. The Hall–Kier alpha value is -2.42. The molecule has 1 amide bonds. The highest BCUT2D eigenvalue weighted by atomic mass is 16.2. The van der Waals surface area contributed by atoms with Gasteiger partial charge in [0.2, 0.25) is 5.91 Å². The number of nitrogens with one attached hydrogen (secondary N) is 1. The fourth-order valence-corrected chi connectivity index (χ4v) is 1.98. The molecule has 3 rings (SSSR count). The van der Waals surface area contributed by atoms with Crippen LogP contribution < -0.4 is 5.32 Å².